The molecule has 0 fully saturated rings. The molecule has 15 heavy (non-hydrogen) atoms. The van der Waals surface area contributed by atoms with E-state index in [1.54, 1.807) is 6.92 Å². The summed E-state index contributed by atoms with van der Waals surface area (Å²) in [7, 11) is 0. The molecular weight excluding hydrogens is 200 g/mol. The molecule has 0 atom stereocenters. The number of nitrogens with zero attached hydrogens (tertiary/aromatic N) is 1. The van der Waals surface area contributed by atoms with Crippen molar-refractivity contribution in [3.8, 4) is 0 Å². The maximum Gasteiger partial charge on any atom is 0.191 e. The molecule has 0 saturated carbocycles. The Labute approximate surface area is 85.6 Å². The Bertz CT molecular complexity index is 479. The molecule has 1 heterocycles. The van der Waals surface area contributed by atoms with Gasteiger partial charge in [0.15, 0.2) is 5.89 Å². The second kappa shape index (κ2) is 3.81. The van der Waals surface area contributed by atoms with Crippen molar-refractivity contribution in [1.29, 1.82) is 0 Å². The van der Waals surface area contributed by atoms with E-state index < -0.39 is 11.6 Å². The van der Waals surface area contributed by atoms with Gasteiger partial charge in [0, 0.05) is 19.4 Å². The smallest absolute Gasteiger partial charge is 0.191 e. The Balaban J connectivity index is 2.24. The molecule has 2 rings (SSSR count). The second-order valence-electron chi connectivity index (χ2n) is 3.27. The van der Waals surface area contributed by atoms with Crippen LogP contribution in [0, 0.1) is 18.6 Å². The van der Waals surface area contributed by atoms with Crippen molar-refractivity contribution in [3.05, 3.63) is 53.2 Å². The van der Waals surface area contributed by atoms with Gasteiger partial charge in [0.2, 0.25) is 0 Å². The first-order valence-electron chi connectivity index (χ1n) is 4.50. The van der Waals surface area contributed by atoms with E-state index in [2.05, 4.69) is 4.98 Å². The van der Waals surface area contributed by atoms with Crippen molar-refractivity contribution in [2.24, 2.45) is 0 Å². The molecule has 0 spiro atoms. The third kappa shape index (κ3) is 2.21. The number of benzene rings is 1. The van der Waals surface area contributed by atoms with Crippen LogP contribution in [0.15, 0.2) is 28.9 Å². The highest BCUT2D eigenvalue weighted by atomic mass is 19.1. The van der Waals surface area contributed by atoms with Crippen molar-refractivity contribution >= 4 is 0 Å². The molecule has 0 unspecified atom stereocenters. The molecule has 1 aromatic heterocycles. The van der Waals surface area contributed by atoms with Gasteiger partial charge in [-0.1, -0.05) is 6.07 Å². The molecule has 2 aromatic rings. The summed E-state index contributed by atoms with van der Waals surface area (Å²) in [6.45, 7) is 1.71. The van der Waals surface area contributed by atoms with E-state index in [1.165, 1.54) is 18.4 Å². The summed E-state index contributed by atoms with van der Waals surface area (Å²) in [4.78, 5) is 4.04. The Morgan fingerprint density at radius 2 is 2.13 bits per heavy atom. The monoisotopic (exact) mass is 209 g/mol. The van der Waals surface area contributed by atoms with Crippen molar-refractivity contribution < 1.29 is 13.2 Å². The fourth-order valence-corrected chi connectivity index (χ4v) is 1.35. The van der Waals surface area contributed by atoms with E-state index in [1.807, 2.05) is 0 Å². The second-order valence-corrected chi connectivity index (χ2v) is 3.27. The first kappa shape index (κ1) is 9.83. The third-order valence-electron chi connectivity index (χ3n) is 2.05. The molecule has 2 nitrogen and oxygen atoms in total. The first-order chi connectivity index (χ1) is 7.15. The van der Waals surface area contributed by atoms with E-state index in [4.69, 9.17) is 4.42 Å². The van der Waals surface area contributed by atoms with Gasteiger partial charge in [0.05, 0.1) is 5.69 Å². The molecule has 0 aliphatic rings. The highest BCUT2D eigenvalue weighted by Crippen LogP contribution is 2.14. The molecule has 0 saturated heterocycles. The Morgan fingerprint density at radius 1 is 1.33 bits per heavy atom. The zero-order chi connectivity index (χ0) is 10.8. The van der Waals surface area contributed by atoms with E-state index in [0.717, 1.165) is 6.07 Å². The van der Waals surface area contributed by atoms with E-state index >= 15 is 0 Å². The minimum Gasteiger partial charge on any atom is -0.449 e. The summed E-state index contributed by atoms with van der Waals surface area (Å²) in [6, 6.07) is 3.50. The number of aryl methyl sites for hydroxylation is 1. The zero-order valence-corrected chi connectivity index (χ0v) is 8.13. The molecule has 0 aliphatic carbocycles. The van der Waals surface area contributed by atoms with Crippen molar-refractivity contribution in [1.82, 2.24) is 4.98 Å². The Kier molecular flexibility index (Phi) is 2.49. The van der Waals surface area contributed by atoms with Gasteiger partial charge in [-0.2, -0.15) is 0 Å². The van der Waals surface area contributed by atoms with Gasteiger partial charge in [-0.15, -0.1) is 0 Å². The quantitative estimate of drug-likeness (QED) is 0.760. The van der Waals surface area contributed by atoms with Crippen LogP contribution in [0.1, 0.15) is 17.1 Å². The molecular formula is C11H9F2NO. The van der Waals surface area contributed by atoms with Crippen LogP contribution in [0.3, 0.4) is 0 Å². The summed E-state index contributed by atoms with van der Waals surface area (Å²) in [5.74, 6) is -0.601. The minimum atomic E-state index is -0.576. The zero-order valence-electron chi connectivity index (χ0n) is 8.13. The lowest BCUT2D eigenvalue weighted by Crippen LogP contribution is -1.93. The van der Waals surface area contributed by atoms with Gasteiger partial charge < -0.3 is 4.42 Å². The summed E-state index contributed by atoms with van der Waals surface area (Å²) in [6.07, 6.45) is 1.78. The number of hydrogen-bond donors (Lipinski definition) is 0. The molecule has 78 valence electrons. The van der Waals surface area contributed by atoms with Crippen molar-refractivity contribution in [3.63, 3.8) is 0 Å². The third-order valence-corrected chi connectivity index (χ3v) is 2.05. The average Bonchev–Trinajstić information content (AvgIpc) is 2.56. The van der Waals surface area contributed by atoms with Crippen molar-refractivity contribution in [2.75, 3.05) is 0 Å². The predicted octanol–water partition coefficient (Wildman–Crippen LogP) is 2.85. The Morgan fingerprint density at radius 3 is 2.73 bits per heavy atom. The number of halogens is 2. The average molecular weight is 209 g/mol. The lowest BCUT2D eigenvalue weighted by molar-refractivity contribution is 0.520. The summed E-state index contributed by atoms with van der Waals surface area (Å²) in [5.41, 5.74) is 1.04. The van der Waals surface area contributed by atoms with Gasteiger partial charge >= 0.3 is 0 Å². The van der Waals surface area contributed by atoms with Gasteiger partial charge in [0.25, 0.3) is 0 Å². The maximum absolute atomic E-state index is 13.2. The van der Waals surface area contributed by atoms with Gasteiger partial charge in [-0.3, -0.25) is 0 Å². The van der Waals surface area contributed by atoms with Gasteiger partial charge in [-0.25, -0.2) is 13.8 Å². The lowest BCUT2D eigenvalue weighted by atomic mass is 10.1. The molecule has 0 amide bonds. The largest absolute Gasteiger partial charge is 0.449 e. The first-order valence-corrected chi connectivity index (χ1v) is 4.50. The van der Waals surface area contributed by atoms with Crippen LogP contribution < -0.4 is 0 Å². The molecule has 0 aliphatic heterocycles. The van der Waals surface area contributed by atoms with E-state index in [9.17, 15) is 8.78 Å². The predicted molar refractivity (Wildman–Crippen MR) is 50.4 cm³/mol. The minimum absolute atomic E-state index is 0.309. The summed E-state index contributed by atoms with van der Waals surface area (Å²) in [5, 5.41) is 0. The lowest BCUT2D eigenvalue weighted by Gasteiger charge is -1.99. The maximum atomic E-state index is 13.2. The highest BCUT2D eigenvalue weighted by Gasteiger charge is 2.07. The van der Waals surface area contributed by atoms with E-state index in [0.29, 0.717) is 23.6 Å². The molecule has 1 aromatic carbocycles. The number of hydrogen-bond acceptors (Lipinski definition) is 2. The molecule has 0 bridgehead atoms. The molecule has 0 N–H and O–H groups in total. The van der Waals surface area contributed by atoms with E-state index in [-0.39, 0.29) is 0 Å². The van der Waals surface area contributed by atoms with Crippen LogP contribution in [0.2, 0.25) is 0 Å². The normalized spacial score (nSPS) is 10.6. The fraction of sp³-hybridized carbons (Fsp3) is 0.182. The van der Waals surface area contributed by atoms with Gasteiger partial charge in [0.1, 0.15) is 17.9 Å². The standard InChI is InChI=1S/C11H9F2NO/c1-7-14-10(6-15-7)4-8-2-3-9(12)5-11(8)13/h2-3,5-6H,4H2,1H3. The molecule has 0 radical (unpaired) electrons. The summed E-state index contributed by atoms with van der Waals surface area (Å²) >= 11 is 0. The number of aromatic nitrogens is 1. The summed E-state index contributed by atoms with van der Waals surface area (Å²) < 4.78 is 30.9. The van der Waals surface area contributed by atoms with Crippen LogP contribution in [-0.2, 0) is 6.42 Å². The number of rotatable bonds is 2. The van der Waals surface area contributed by atoms with Crippen LogP contribution in [-0.4, -0.2) is 4.98 Å². The highest BCUT2D eigenvalue weighted by molar-refractivity contribution is 5.23. The van der Waals surface area contributed by atoms with Crippen LogP contribution >= 0.6 is 0 Å². The van der Waals surface area contributed by atoms with Crippen molar-refractivity contribution in [2.45, 2.75) is 13.3 Å². The van der Waals surface area contributed by atoms with Crippen LogP contribution in [0.4, 0.5) is 8.78 Å². The molecule has 4 heteroatoms. The van der Waals surface area contributed by atoms with Crippen LogP contribution in [0.5, 0.6) is 0 Å². The fourth-order valence-electron chi connectivity index (χ4n) is 1.35. The SMILES string of the molecule is Cc1nc(Cc2ccc(F)cc2F)co1. The topological polar surface area (TPSA) is 26.0 Å². The van der Waals surface area contributed by atoms with Gasteiger partial charge in [-0.05, 0) is 11.6 Å². The number of oxazole rings is 1. The Hall–Kier alpha value is -1.71. The van der Waals surface area contributed by atoms with Crippen LogP contribution in [0.25, 0.3) is 0 Å².